The summed E-state index contributed by atoms with van der Waals surface area (Å²) in [5.74, 6) is -0.0212. The summed E-state index contributed by atoms with van der Waals surface area (Å²) in [4.78, 5) is 16.3. The highest BCUT2D eigenvalue weighted by molar-refractivity contribution is 5.94. The van der Waals surface area contributed by atoms with Crippen LogP contribution in [0.15, 0.2) is 18.3 Å². The zero-order valence-corrected chi connectivity index (χ0v) is 12.3. The molecule has 1 unspecified atom stereocenters. The van der Waals surface area contributed by atoms with Gasteiger partial charge in [-0.2, -0.15) is 0 Å². The van der Waals surface area contributed by atoms with Crippen molar-refractivity contribution < 1.29 is 4.79 Å². The molecule has 1 aliphatic carbocycles. The molecule has 19 heavy (non-hydrogen) atoms. The second kappa shape index (κ2) is 6.35. The molecule has 0 aromatic carbocycles. The molecule has 0 aliphatic heterocycles. The monoisotopic (exact) mass is 283 g/mol. The highest BCUT2D eigenvalue weighted by Crippen LogP contribution is 2.37. The van der Waals surface area contributed by atoms with Crippen LogP contribution >= 0.6 is 12.4 Å². The van der Waals surface area contributed by atoms with Crippen LogP contribution in [0.2, 0.25) is 0 Å². The summed E-state index contributed by atoms with van der Waals surface area (Å²) in [5.41, 5.74) is 7.12. The van der Waals surface area contributed by atoms with Gasteiger partial charge < -0.3 is 11.1 Å². The number of hydrogen-bond donors (Lipinski definition) is 2. The molecule has 3 N–H and O–H groups in total. The van der Waals surface area contributed by atoms with Crippen molar-refractivity contribution in [1.29, 1.82) is 0 Å². The first-order valence-electron chi connectivity index (χ1n) is 6.49. The molecule has 106 valence electrons. The Morgan fingerprint density at radius 1 is 1.58 bits per heavy atom. The van der Waals surface area contributed by atoms with Gasteiger partial charge in [0.2, 0.25) is 0 Å². The summed E-state index contributed by atoms with van der Waals surface area (Å²) < 4.78 is 0. The van der Waals surface area contributed by atoms with Crippen molar-refractivity contribution in [3.8, 4) is 0 Å². The Balaban J connectivity index is 0.00000180. The van der Waals surface area contributed by atoms with E-state index >= 15 is 0 Å². The minimum atomic E-state index is -0.0212. The van der Waals surface area contributed by atoms with Gasteiger partial charge in [-0.3, -0.25) is 9.78 Å². The van der Waals surface area contributed by atoms with Gasteiger partial charge in [-0.05, 0) is 30.4 Å². The lowest BCUT2D eigenvalue weighted by Crippen LogP contribution is -2.41. The van der Waals surface area contributed by atoms with Crippen LogP contribution in [-0.2, 0) is 6.54 Å². The minimum Gasteiger partial charge on any atom is -0.349 e. The van der Waals surface area contributed by atoms with Crippen LogP contribution < -0.4 is 11.1 Å². The molecule has 1 amide bonds. The number of hydrogen-bond acceptors (Lipinski definition) is 3. The molecular formula is C14H22ClN3O. The van der Waals surface area contributed by atoms with E-state index in [4.69, 9.17) is 5.73 Å². The number of rotatable bonds is 3. The van der Waals surface area contributed by atoms with Gasteiger partial charge in [-0.15, -0.1) is 12.4 Å². The molecule has 1 heterocycles. The van der Waals surface area contributed by atoms with Crippen LogP contribution in [0.5, 0.6) is 0 Å². The van der Waals surface area contributed by atoms with Crippen molar-refractivity contribution in [2.45, 2.75) is 45.7 Å². The zero-order valence-electron chi connectivity index (χ0n) is 11.5. The van der Waals surface area contributed by atoms with Gasteiger partial charge in [0.15, 0.2) is 0 Å². The van der Waals surface area contributed by atoms with E-state index in [1.54, 1.807) is 18.3 Å². The van der Waals surface area contributed by atoms with Gasteiger partial charge in [-0.25, -0.2) is 0 Å². The normalized spacial score (nSPS) is 20.7. The molecule has 0 radical (unpaired) electrons. The Morgan fingerprint density at radius 2 is 2.32 bits per heavy atom. The van der Waals surface area contributed by atoms with Crippen molar-refractivity contribution in [2.24, 2.45) is 11.1 Å². The van der Waals surface area contributed by atoms with Crippen LogP contribution in [0.25, 0.3) is 0 Å². The molecule has 1 fully saturated rings. The first-order valence-corrected chi connectivity index (χ1v) is 6.49. The fourth-order valence-corrected chi connectivity index (χ4v) is 2.57. The second-order valence-corrected chi connectivity index (χ2v) is 5.65. The number of carbonyl (C=O) groups is 1. The van der Waals surface area contributed by atoms with E-state index in [1.165, 1.54) is 12.8 Å². The predicted octanol–water partition coefficient (Wildman–Crippen LogP) is 2.27. The van der Waals surface area contributed by atoms with Gasteiger partial charge in [0, 0.05) is 24.3 Å². The topological polar surface area (TPSA) is 68.0 Å². The number of nitrogens with zero attached hydrogens (tertiary/aromatic N) is 1. The Morgan fingerprint density at radius 3 is 2.89 bits per heavy atom. The van der Waals surface area contributed by atoms with E-state index in [0.29, 0.717) is 12.1 Å². The molecule has 0 spiro atoms. The molecule has 0 bridgehead atoms. The molecule has 5 heteroatoms. The molecule has 2 rings (SSSR count). The number of amides is 1. The fraction of sp³-hybridized carbons (Fsp3) is 0.571. The summed E-state index contributed by atoms with van der Waals surface area (Å²) in [7, 11) is 0. The number of nitrogens with two attached hydrogens (primary N) is 1. The smallest absolute Gasteiger partial charge is 0.251 e. The quantitative estimate of drug-likeness (QED) is 0.894. The van der Waals surface area contributed by atoms with Crippen molar-refractivity contribution in [2.75, 3.05) is 0 Å². The van der Waals surface area contributed by atoms with Crippen LogP contribution in [-0.4, -0.2) is 16.9 Å². The maximum atomic E-state index is 12.2. The third kappa shape index (κ3) is 3.67. The summed E-state index contributed by atoms with van der Waals surface area (Å²) in [6, 6.07) is 3.76. The van der Waals surface area contributed by atoms with Gasteiger partial charge >= 0.3 is 0 Å². The van der Waals surface area contributed by atoms with Gasteiger partial charge in [-0.1, -0.05) is 20.3 Å². The third-order valence-corrected chi connectivity index (χ3v) is 3.85. The largest absolute Gasteiger partial charge is 0.349 e. The first kappa shape index (κ1) is 15.9. The molecule has 1 aromatic rings. The molecule has 0 saturated heterocycles. The summed E-state index contributed by atoms with van der Waals surface area (Å²) in [6.07, 6.45) is 5.05. The standard InChI is InChI=1S/C14H21N3O.ClH/c1-14(2)6-3-4-12(14)17-13(18)10-5-7-16-11(8-10)9-15;/h5,7-8,12H,3-4,6,9,15H2,1-2H3,(H,17,18);1H. The van der Waals surface area contributed by atoms with Crippen LogP contribution in [0.1, 0.15) is 49.2 Å². The Kier molecular flexibility index (Phi) is 5.32. The lowest BCUT2D eigenvalue weighted by molar-refractivity contribution is 0.0910. The van der Waals surface area contributed by atoms with Crippen molar-refractivity contribution in [1.82, 2.24) is 10.3 Å². The molecule has 1 aromatic heterocycles. The number of pyridine rings is 1. The number of aromatic nitrogens is 1. The highest BCUT2D eigenvalue weighted by atomic mass is 35.5. The lowest BCUT2D eigenvalue weighted by Gasteiger charge is -2.27. The Bertz CT molecular complexity index is 448. The molecule has 1 atom stereocenters. The summed E-state index contributed by atoms with van der Waals surface area (Å²) in [5, 5.41) is 3.13. The van der Waals surface area contributed by atoms with E-state index in [-0.39, 0.29) is 29.8 Å². The Hall–Kier alpha value is -1.13. The third-order valence-electron chi connectivity index (χ3n) is 3.85. The van der Waals surface area contributed by atoms with Crippen LogP contribution in [0.4, 0.5) is 0 Å². The van der Waals surface area contributed by atoms with Gasteiger partial charge in [0.05, 0.1) is 5.69 Å². The fourth-order valence-electron chi connectivity index (χ4n) is 2.57. The van der Waals surface area contributed by atoms with Crippen LogP contribution in [0, 0.1) is 5.41 Å². The predicted molar refractivity (Wildman–Crippen MR) is 78.3 cm³/mol. The zero-order chi connectivity index (χ0) is 13.2. The SMILES string of the molecule is CC1(C)CCCC1NC(=O)c1ccnc(CN)c1.Cl. The van der Waals surface area contributed by atoms with Crippen molar-refractivity contribution in [3.63, 3.8) is 0 Å². The van der Waals surface area contributed by atoms with Gasteiger partial charge in [0.25, 0.3) is 5.91 Å². The van der Waals surface area contributed by atoms with Crippen LogP contribution in [0.3, 0.4) is 0 Å². The van der Waals surface area contributed by atoms with Crippen molar-refractivity contribution in [3.05, 3.63) is 29.6 Å². The summed E-state index contributed by atoms with van der Waals surface area (Å²) in [6.45, 7) is 4.78. The average molecular weight is 284 g/mol. The van der Waals surface area contributed by atoms with Gasteiger partial charge in [0.1, 0.15) is 0 Å². The number of nitrogens with one attached hydrogen (secondary N) is 1. The van der Waals surface area contributed by atoms with E-state index in [9.17, 15) is 4.79 Å². The molecule has 1 saturated carbocycles. The maximum absolute atomic E-state index is 12.2. The van der Waals surface area contributed by atoms with E-state index in [2.05, 4.69) is 24.1 Å². The van der Waals surface area contributed by atoms with E-state index < -0.39 is 0 Å². The minimum absolute atomic E-state index is 0. The van der Waals surface area contributed by atoms with E-state index in [0.717, 1.165) is 12.1 Å². The molecular weight excluding hydrogens is 262 g/mol. The molecule has 1 aliphatic rings. The number of carbonyl (C=O) groups excluding carboxylic acids is 1. The Labute approximate surface area is 120 Å². The highest BCUT2D eigenvalue weighted by Gasteiger charge is 2.35. The average Bonchev–Trinajstić information content (AvgIpc) is 2.69. The molecule has 4 nitrogen and oxygen atoms in total. The first-order chi connectivity index (χ1) is 8.53. The maximum Gasteiger partial charge on any atom is 0.251 e. The lowest BCUT2D eigenvalue weighted by atomic mass is 9.87. The second-order valence-electron chi connectivity index (χ2n) is 5.65. The number of halogens is 1. The van der Waals surface area contributed by atoms with Crippen molar-refractivity contribution >= 4 is 18.3 Å². The van der Waals surface area contributed by atoms with E-state index in [1.807, 2.05) is 0 Å². The summed E-state index contributed by atoms with van der Waals surface area (Å²) >= 11 is 0.